The molecular formula is C28H47O5P. The van der Waals surface area contributed by atoms with Gasteiger partial charge in [0, 0.05) is 17.4 Å². The van der Waals surface area contributed by atoms with E-state index in [0.717, 1.165) is 42.6 Å². The Bertz CT molecular complexity index is 735. The first-order valence-electron chi connectivity index (χ1n) is 13.3. The summed E-state index contributed by atoms with van der Waals surface area (Å²) in [7, 11) is -1.40. The lowest BCUT2D eigenvalue weighted by atomic mass is 9.82. The summed E-state index contributed by atoms with van der Waals surface area (Å²) in [6.45, 7) is 15.0. The van der Waals surface area contributed by atoms with Gasteiger partial charge in [-0.2, -0.15) is 0 Å². The van der Waals surface area contributed by atoms with Gasteiger partial charge in [0.05, 0.1) is 19.8 Å². The second-order valence-electron chi connectivity index (χ2n) is 10.7. The monoisotopic (exact) mass is 494 g/mol. The summed E-state index contributed by atoms with van der Waals surface area (Å²) in [5.41, 5.74) is 2.22. The summed E-state index contributed by atoms with van der Waals surface area (Å²) in [5, 5.41) is 0. The molecule has 0 amide bonds. The molecule has 1 aliphatic heterocycles. The molecule has 2 rings (SSSR count). The minimum Gasteiger partial charge on any atom is -0.466 e. The van der Waals surface area contributed by atoms with Gasteiger partial charge in [-0.25, -0.2) is 0 Å². The number of ether oxygens (including phenoxy) is 1. The van der Waals surface area contributed by atoms with E-state index in [1.807, 2.05) is 12.1 Å². The zero-order chi connectivity index (χ0) is 25.0. The van der Waals surface area contributed by atoms with E-state index in [0.29, 0.717) is 32.7 Å². The molecular weight excluding hydrogens is 447 g/mol. The highest BCUT2D eigenvalue weighted by Crippen LogP contribution is 2.51. The van der Waals surface area contributed by atoms with Crippen molar-refractivity contribution in [3.63, 3.8) is 0 Å². The van der Waals surface area contributed by atoms with Crippen LogP contribution in [-0.4, -0.2) is 25.8 Å². The Hall–Kier alpha value is -1.16. The zero-order valence-corrected chi connectivity index (χ0v) is 23.3. The first kappa shape index (κ1) is 29.1. The van der Waals surface area contributed by atoms with Crippen LogP contribution in [0, 0.1) is 5.41 Å². The number of hydrogen-bond acceptors (Lipinski definition) is 5. The van der Waals surface area contributed by atoms with Gasteiger partial charge < -0.3 is 18.3 Å². The molecule has 1 aromatic rings. The minimum absolute atomic E-state index is 0.107. The molecule has 0 unspecified atom stereocenters. The van der Waals surface area contributed by atoms with Crippen LogP contribution in [0.1, 0.15) is 110 Å². The molecule has 0 N–H and O–H groups in total. The van der Waals surface area contributed by atoms with Gasteiger partial charge >= 0.3 is 14.6 Å². The summed E-state index contributed by atoms with van der Waals surface area (Å²) >= 11 is 0. The maximum absolute atomic E-state index is 12.1. The van der Waals surface area contributed by atoms with E-state index in [1.165, 1.54) is 25.7 Å². The van der Waals surface area contributed by atoms with Crippen molar-refractivity contribution in [3.8, 4) is 5.75 Å². The largest absolute Gasteiger partial charge is 0.466 e. The SMILES string of the molecule is CCCCCCOC(=O)CCc1ccc(OP2OCC(CC)(CCCC)CO2)c(C(C)(C)C)c1. The maximum Gasteiger partial charge on any atom is 0.397 e. The Morgan fingerprint density at radius 1 is 1.03 bits per heavy atom. The van der Waals surface area contributed by atoms with Gasteiger partial charge in [-0.3, -0.25) is 4.79 Å². The van der Waals surface area contributed by atoms with Crippen LogP contribution in [0.3, 0.4) is 0 Å². The number of hydrogen-bond donors (Lipinski definition) is 0. The van der Waals surface area contributed by atoms with Crippen LogP contribution in [-0.2, 0) is 30.4 Å². The lowest BCUT2D eigenvalue weighted by Crippen LogP contribution is -2.34. The van der Waals surface area contributed by atoms with E-state index in [1.54, 1.807) is 0 Å². The van der Waals surface area contributed by atoms with E-state index in [9.17, 15) is 4.79 Å². The van der Waals surface area contributed by atoms with E-state index >= 15 is 0 Å². The summed E-state index contributed by atoms with van der Waals surface area (Å²) < 4.78 is 23.8. The molecule has 0 aromatic heterocycles. The fourth-order valence-corrected chi connectivity index (χ4v) is 5.36. The van der Waals surface area contributed by atoms with E-state index in [4.69, 9.17) is 18.3 Å². The van der Waals surface area contributed by atoms with Gasteiger partial charge in [0.25, 0.3) is 0 Å². The number of benzene rings is 1. The minimum atomic E-state index is -1.40. The van der Waals surface area contributed by atoms with Crippen LogP contribution >= 0.6 is 8.60 Å². The van der Waals surface area contributed by atoms with E-state index in [-0.39, 0.29) is 16.8 Å². The van der Waals surface area contributed by atoms with Gasteiger partial charge in [0.2, 0.25) is 0 Å². The third-order valence-electron chi connectivity index (χ3n) is 6.67. The predicted octanol–water partition coefficient (Wildman–Crippen LogP) is 8.28. The Labute approximate surface area is 209 Å². The summed E-state index contributed by atoms with van der Waals surface area (Å²) in [6.07, 6.45) is 10.1. The molecule has 0 saturated carbocycles. The van der Waals surface area contributed by atoms with Crippen molar-refractivity contribution in [3.05, 3.63) is 29.3 Å². The third-order valence-corrected chi connectivity index (χ3v) is 7.69. The number of unbranched alkanes of at least 4 members (excludes halogenated alkanes) is 4. The molecule has 1 heterocycles. The lowest BCUT2D eigenvalue weighted by Gasteiger charge is -2.38. The van der Waals surface area contributed by atoms with Gasteiger partial charge in [-0.15, -0.1) is 0 Å². The van der Waals surface area contributed by atoms with E-state index < -0.39 is 8.60 Å². The fourth-order valence-electron chi connectivity index (χ4n) is 4.10. The molecule has 194 valence electrons. The highest BCUT2D eigenvalue weighted by molar-refractivity contribution is 7.42. The summed E-state index contributed by atoms with van der Waals surface area (Å²) in [5.74, 6) is 0.683. The topological polar surface area (TPSA) is 54.0 Å². The van der Waals surface area contributed by atoms with Crippen LogP contribution in [0.4, 0.5) is 0 Å². The first-order valence-corrected chi connectivity index (χ1v) is 14.4. The molecule has 0 bridgehead atoms. The zero-order valence-electron chi connectivity index (χ0n) is 22.4. The number of aryl methyl sites for hydroxylation is 1. The highest BCUT2D eigenvalue weighted by Gasteiger charge is 2.37. The van der Waals surface area contributed by atoms with Gasteiger partial charge in [-0.1, -0.05) is 85.8 Å². The quantitative estimate of drug-likeness (QED) is 0.148. The van der Waals surface area contributed by atoms with Crippen LogP contribution < -0.4 is 4.52 Å². The number of esters is 1. The van der Waals surface area contributed by atoms with Crippen LogP contribution in [0.5, 0.6) is 5.75 Å². The average Bonchev–Trinajstić information content (AvgIpc) is 2.82. The van der Waals surface area contributed by atoms with Crippen molar-refractivity contribution in [2.75, 3.05) is 19.8 Å². The van der Waals surface area contributed by atoms with Crippen LogP contribution in [0.25, 0.3) is 0 Å². The second-order valence-corrected chi connectivity index (χ2v) is 11.8. The number of carbonyl (C=O) groups excluding carboxylic acids is 1. The smallest absolute Gasteiger partial charge is 0.397 e. The van der Waals surface area contributed by atoms with Crippen molar-refractivity contribution >= 4 is 14.6 Å². The molecule has 1 aliphatic rings. The molecule has 6 heteroatoms. The summed E-state index contributed by atoms with van der Waals surface area (Å²) in [6, 6.07) is 6.19. The number of carbonyl (C=O) groups is 1. The van der Waals surface area contributed by atoms with Crippen LogP contribution in [0.2, 0.25) is 0 Å². The summed E-state index contributed by atoms with van der Waals surface area (Å²) in [4.78, 5) is 12.1. The average molecular weight is 495 g/mol. The Kier molecular flexibility index (Phi) is 12.3. The van der Waals surface area contributed by atoms with Gasteiger partial charge in [0.1, 0.15) is 5.75 Å². The molecule has 5 nitrogen and oxygen atoms in total. The van der Waals surface area contributed by atoms with Crippen LogP contribution in [0.15, 0.2) is 18.2 Å². The lowest BCUT2D eigenvalue weighted by molar-refractivity contribution is -0.143. The molecule has 1 fully saturated rings. The second kappa shape index (κ2) is 14.4. The maximum atomic E-state index is 12.1. The molecule has 0 spiro atoms. The molecule has 1 saturated heterocycles. The molecule has 34 heavy (non-hydrogen) atoms. The van der Waals surface area contributed by atoms with E-state index in [2.05, 4.69) is 47.6 Å². The molecule has 0 atom stereocenters. The fraction of sp³-hybridized carbons (Fsp3) is 0.750. The predicted molar refractivity (Wildman–Crippen MR) is 140 cm³/mol. The Morgan fingerprint density at radius 2 is 1.74 bits per heavy atom. The molecule has 0 aliphatic carbocycles. The number of rotatable bonds is 14. The molecule has 0 radical (unpaired) electrons. The van der Waals surface area contributed by atoms with Gasteiger partial charge in [-0.05, 0) is 42.7 Å². The standard InChI is InChI=1S/C28H47O5P/c1-7-10-12-13-19-30-26(29)17-15-23-14-16-25(24(20-23)27(4,5)6)33-34-31-21-28(9-3,22-32-34)18-11-8-2/h14,16,20H,7-13,15,17-19,21-22H2,1-6H3. The molecule has 1 aromatic carbocycles. The highest BCUT2D eigenvalue weighted by atomic mass is 31.2. The van der Waals surface area contributed by atoms with Crippen molar-refractivity contribution in [1.29, 1.82) is 0 Å². The Morgan fingerprint density at radius 3 is 2.35 bits per heavy atom. The third kappa shape index (κ3) is 9.47. The Balaban J connectivity index is 1.94. The van der Waals surface area contributed by atoms with Gasteiger partial charge in [0.15, 0.2) is 0 Å². The first-order chi connectivity index (χ1) is 16.2. The van der Waals surface area contributed by atoms with Crippen molar-refractivity contribution < 1.29 is 23.1 Å². The normalized spacial score (nSPS) is 20.8. The van der Waals surface area contributed by atoms with Crippen molar-refractivity contribution in [1.82, 2.24) is 0 Å². The van der Waals surface area contributed by atoms with Crippen molar-refractivity contribution in [2.45, 2.75) is 111 Å². The van der Waals surface area contributed by atoms with Crippen molar-refractivity contribution in [2.24, 2.45) is 5.41 Å².